The molecular formula is C9H12ClFN2O5. The summed E-state index contributed by atoms with van der Waals surface area (Å²) in [6.07, 6.45) is -3.83. The molecule has 9 heteroatoms. The van der Waals surface area contributed by atoms with Crippen LogP contribution < -0.4 is 11.2 Å². The molecule has 0 aromatic carbocycles. The predicted molar refractivity (Wildman–Crippen MR) is 60.1 cm³/mol. The zero-order valence-electron chi connectivity index (χ0n) is 9.24. The number of aromatic nitrogens is 2. The Morgan fingerprint density at radius 2 is 2.00 bits per heavy atom. The Labute approximate surface area is 106 Å². The Kier molecular flexibility index (Phi) is 4.28. The summed E-state index contributed by atoms with van der Waals surface area (Å²) in [6.45, 7) is 1.50. The van der Waals surface area contributed by atoms with Gasteiger partial charge in [-0.05, 0) is 6.92 Å². The van der Waals surface area contributed by atoms with Crippen LogP contribution in [0.25, 0.3) is 0 Å². The summed E-state index contributed by atoms with van der Waals surface area (Å²) in [5.74, 6) is -1.17. The highest BCUT2D eigenvalue weighted by molar-refractivity contribution is 5.85. The number of aliphatic hydroxyl groups is 2. The first kappa shape index (κ1) is 14.8. The van der Waals surface area contributed by atoms with Crippen molar-refractivity contribution in [1.82, 2.24) is 9.55 Å². The summed E-state index contributed by atoms with van der Waals surface area (Å²) in [4.78, 5) is 24.0. The molecule has 0 amide bonds. The van der Waals surface area contributed by atoms with Gasteiger partial charge in [-0.2, -0.15) is 4.39 Å². The molecule has 1 aliphatic heterocycles. The molecule has 1 fully saturated rings. The van der Waals surface area contributed by atoms with E-state index >= 15 is 0 Å². The van der Waals surface area contributed by atoms with Crippen LogP contribution in [0.2, 0.25) is 0 Å². The van der Waals surface area contributed by atoms with E-state index in [9.17, 15) is 24.2 Å². The van der Waals surface area contributed by atoms with E-state index in [0.717, 1.165) is 0 Å². The van der Waals surface area contributed by atoms with Crippen molar-refractivity contribution >= 4 is 12.4 Å². The van der Waals surface area contributed by atoms with Crippen LogP contribution in [-0.2, 0) is 4.74 Å². The Hall–Kier alpha value is -1.22. The van der Waals surface area contributed by atoms with E-state index in [1.165, 1.54) is 6.92 Å². The molecule has 7 nitrogen and oxygen atoms in total. The summed E-state index contributed by atoms with van der Waals surface area (Å²) in [5, 5.41) is 19.1. The second-order valence-corrected chi connectivity index (χ2v) is 3.86. The van der Waals surface area contributed by atoms with Crippen molar-refractivity contribution in [2.24, 2.45) is 0 Å². The first-order valence-corrected chi connectivity index (χ1v) is 4.94. The quantitative estimate of drug-likeness (QED) is 0.596. The van der Waals surface area contributed by atoms with E-state index in [4.69, 9.17) is 4.74 Å². The van der Waals surface area contributed by atoms with E-state index in [1.54, 1.807) is 4.98 Å². The minimum absolute atomic E-state index is 0. The number of halogens is 2. The lowest BCUT2D eigenvalue weighted by molar-refractivity contribution is -0.0356. The smallest absolute Gasteiger partial charge is 0.330 e. The molecule has 2 rings (SSSR count). The molecule has 4 atom stereocenters. The van der Waals surface area contributed by atoms with Gasteiger partial charge in [0, 0.05) is 0 Å². The summed E-state index contributed by atoms with van der Waals surface area (Å²) in [5.41, 5.74) is -2.06. The van der Waals surface area contributed by atoms with Gasteiger partial charge in [0.2, 0.25) is 5.82 Å². The molecule has 18 heavy (non-hydrogen) atoms. The topological polar surface area (TPSA) is 105 Å². The van der Waals surface area contributed by atoms with E-state index in [1.807, 2.05) is 0 Å². The summed E-state index contributed by atoms with van der Waals surface area (Å²) < 4.78 is 18.9. The van der Waals surface area contributed by atoms with Crippen LogP contribution in [0, 0.1) is 5.82 Å². The van der Waals surface area contributed by atoms with Gasteiger partial charge in [-0.25, -0.2) is 4.79 Å². The first-order valence-electron chi connectivity index (χ1n) is 4.94. The van der Waals surface area contributed by atoms with Gasteiger partial charge < -0.3 is 14.9 Å². The molecule has 1 aromatic rings. The fourth-order valence-corrected chi connectivity index (χ4v) is 1.71. The third kappa shape index (κ3) is 2.32. The number of aromatic amines is 1. The zero-order chi connectivity index (χ0) is 12.7. The van der Waals surface area contributed by atoms with Gasteiger partial charge in [0.05, 0.1) is 12.3 Å². The molecule has 0 saturated carbocycles. The minimum Gasteiger partial charge on any atom is -0.388 e. The summed E-state index contributed by atoms with van der Waals surface area (Å²) >= 11 is 0. The molecule has 1 aliphatic rings. The van der Waals surface area contributed by atoms with Crippen LogP contribution in [0.4, 0.5) is 4.39 Å². The predicted octanol–water partition coefficient (Wildman–Crippen LogP) is -1.26. The third-order valence-electron chi connectivity index (χ3n) is 2.68. The Balaban J connectivity index is 0.00000162. The van der Waals surface area contributed by atoms with E-state index < -0.39 is 41.6 Å². The van der Waals surface area contributed by atoms with Crippen molar-refractivity contribution in [3.8, 4) is 0 Å². The monoisotopic (exact) mass is 282 g/mol. The molecule has 4 unspecified atom stereocenters. The summed E-state index contributed by atoms with van der Waals surface area (Å²) in [6, 6.07) is 0. The number of hydrogen-bond acceptors (Lipinski definition) is 5. The van der Waals surface area contributed by atoms with Crippen LogP contribution in [-0.4, -0.2) is 38.1 Å². The third-order valence-corrected chi connectivity index (χ3v) is 2.68. The van der Waals surface area contributed by atoms with Crippen LogP contribution >= 0.6 is 12.4 Å². The number of H-pyrrole nitrogens is 1. The molecule has 1 saturated heterocycles. The lowest BCUT2D eigenvalue weighted by Crippen LogP contribution is -2.38. The normalized spacial score (nSPS) is 31.1. The Morgan fingerprint density at radius 3 is 2.50 bits per heavy atom. The van der Waals surface area contributed by atoms with Crippen molar-refractivity contribution in [1.29, 1.82) is 0 Å². The maximum atomic E-state index is 13.0. The van der Waals surface area contributed by atoms with Crippen LogP contribution in [0.3, 0.4) is 0 Å². The highest BCUT2D eigenvalue weighted by atomic mass is 35.5. The maximum absolute atomic E-state index is 13.0. The van der Waals surface area contributed by atoms with Crippen LogP contribution in [0.15, 0.2) is 15.8 Å². The highest BCUT2D eigenvalue weighted by Crippen LogP contribution is 2.27. The number of hydrogen-bond donors (Lipinski definition) is 3. The van der Waals surface area contributed by atoms with Gasteiger partial charge >= 0.3 is 5.69 Å². The molecule has 2 heterocycles. The molecule has 3 N–H and O–H groups in total. The number of rotatable bonds is 1. The number of nitrogens with one attached hydrogen (secondary N) is 1. The van der Waals surface area contributed by atoms with Crippen LogP contribution in [0.5, 0.6) is 0 Å². The first-order chi connectivity index (χ1) is 7.91. The van der Waals surface area contributed by atoms with E-state index in [2.05, 4.69) is 0 Å². The van der Waals surface area contributed by atoms with Gasteiger partial charge in [0.25, 0.3) is 5.56 Å². The lowest BCUT2D eigenvalue weighted by Gasteiger charge is -2.16. The molecule has 0 aliphatic carbocycles. The minimum atomic E-state index is -1.37. The van der Waals surface area contributed by atoms with Crippen molar-refractivity contribution in [3.63, 3.8) is 0 Å². The fourth-order valence-electron chi connectivity index (χ4n) is 1.71. The van der Waals surface area contributed by atoms with Crippen molar-refractivity contribution in [3.05, 3.63) is 32.9 Å². The van der Waals surface area contributed by atoms with Gasteiger partial charge in [-0.1, -0.05) is 0 Å². The maximum Gasteiger partial charge on any atom is 0.330 e. The molecule has 0 spiro atoms. The van der Waals surface area contributed by atoms with Gasteiger partial charge in [0.15, 0.2) is 6.23 Å². The van der Waals surface area contributed by atoms with Crippen molar-refractivity contribution < 1.29 is 19.3 Å². The van der Waals surface area contributed by atoms with Gasteiger partial charge in [0.1, 0.15) is 12.2 Å². The molecule has 0 bridgehead atoms. The molecular weight excluding hydrogens is 271 g/mol. The van der Waals surface area contributed by atoms with Crippen LogP contribution in [0.1, 0.15) is 13.2 Å². The molecule has 1 aromatic heterocycles. The lowest BCUT2D eigenvalue weighted by atomic mass is 10.1. The SMILES string of the molecule is CC1OC(n2cc(F)c(=O)[nH]c2=O)C(O)C1O.Cl. The number of ether oxygens (including phenoxy) is 1. The van der Waals surface area contributed by atoms with Gasteiger partial charge in [-0.3, -0.25) is 14.3 Å². The summed E-state index contributed by atoms with van der Waals surface area (Å²) in [7, 11) is 0. The Bertz CT molecular complexity index is 544. The standard InChI is InChI=1S/C9H11FN2O5.ClH/c1-3-5(13)6(14)8(17-3)12-2-4(10)7(15)11-9(12)16;/h2-3,5-6,8,13-14H,1H3,(H,11,15,16);1H. The average Bonchev–Trinajstić information content (AvgIpc) is 2.51. The second-order valence-electron chi connectivity index (χ2n) is 3.86. The average molecular weight is 283 g/mol. The Morgan fingerprint density at radius 1 is 1.39 bits per heavy atom. The zero-order valence-corrected chi connectivity index (χ0v) is 10.1. The largest absolute Gasteiger partial charge is 0.388 e. The van der Waals surface area contributed by atoms with E-state index in [0.29, 0.717) is 10.8 Å². The van der Waals surface area contributed by atoms with Crippen molar-refractivity contribution in [2.75, 3.05) is 0 Å². The molecule has 0 radical (unpaired) electrons. The fraction of sp³-hybridized carbons (Fsp3) is 0.556. The van der Waals surface area contributed by atoms with Gasteiger partial charge in [-0.15, -0.1) is 12.4 Å². The number of aliphatic hydroxyl groups excluding tert-OH is 2. The number of nitrogens with zero attached hydrogens (tertiary/aromatic N) is 1. The molecule has 102 valence electrons. The van der Waals surface area contributed by atoms with Crippen molar-refractivity contribution in [2.45, 2.75) is 31.5 Å². The second kappa shape index (κ2) is 5.19. The highest BCUT2D eigenvalue weighted by Gasteiger charge is 2.41. The van der Waals surface area contributed by atoms with E-state index in [-0.39, 0.29) is 12.4 Å².